The predicted octanol–water partition coefficient (Wildman–Crippen LogP) is 3.24. The van der Waals surface area contributed by atoms with Crippen LogP contribution in [0, 0.1) is 11.3 Å². The molecule has 0 unspecified atom stereocenters. The van der Waals surface area contributed by atoms with E-state index in [-0.39, 0.29) is 5.54 Å². The molecule has 0 spiro atoms. The van der Waals surface area contributed by atoms with E-state index in [1.54, 1.807) is 0 Å². The van der Waals surface area contributed by atoms with Crippen LogP contribution in [0.5, 0.6) is 0 Å². The van der Waals surface area contributed by atoms with Crippen LogP contribution in [0.2, 0.25) is 0 Å². The highest BCUT2D eigenvalue weighted by Crippen LogP contribution is 2.38. The molecule has 0 atom stereocenters. The maximum atomic E-state index is 9.26. The van der Waals surface area contributed by atoms with Crippen LogP contribution in [-0.2, 0) is 0 Å². The van der Waals surface area contributed by atoms with Crippen molar-refractivity contribution in [3.8, 4) is 6.07 Å². The quantitative estimate of drug-likeness (QED) is 0.852. The number of hydrogen-bond donors (Lipinski definition) is 0. The van der Waals surface area contributed by atoms with E-state index in [0.717, 1.165) is 22.3 Å². The minimum atomic E-state index is 0.272. The van der Waals surface area contributed by atoms with Gasteiger partial charge in [-0.25, -0.2) is 0 Å². The second-order valence-corrected chi connectivity index (χ2v) is 6.52. The molecule has 0 aliphatic heterocycles. The third-order valence-electron chi connectivity index (χ3n) is 4.25. The molecule has 1 saturated carbocycles. The van der Waals surface area contributed by atoms with Crippen molar-refractivity contribution in [2.24, 2.45) is 0 Å². The number of nitriles is 1. The lowest BCUT2D eigenvalue weighted by atomic mass is 9.75. The van der Waals surface area contributed by atoms with Gasteiger partial charge in [0.1, 0.15) is 6.07 Å². The second-order valence-electron chi connectivity index (χ2n) is 5.60. The molecule has 0 amide bonds. The summed E-state index contributed by atoms with van der Waals surface area (Å²) in [6.45, 7) is 0.969. The van der Waals surface area contributed by atoms with Crippen molar-refractivity contribution in [1.29, 1.82) is 5.26 Å². The number of benzene rings is 1. The molecule has 19 heavy (non-hydrogen) atoms. The number of hydrogen-bond acceptors (Lipinski definition) is 3. The fourth-order valence-corrected chi connectivity index (χ4v) is 3.15. The minimum Gasteiger partial charge on any atom is -0.372 e. The van der Waals surface area contributed by atoms with Crippen molar-refractivity contribution in [2.45, 2.75) is 24.8 Å². The molecule has 1 aliphatic rings. The van der Waals surface area contributed by atoms with Crippen LogP contribution >= 0.6 is 15.9 Å². The van der Waals surface area contributed by atoms with Gasteiger partial charge in [0.15, 0.2) is 0 Å². The Morgan fingerprint density at radius 1 is 1.32 bits per heavy atom. The van der Waals surface area contributed by atoms with Crippen molar-refractivity contribution >= 4 is 21.6 Å². The largest absolute Gasteiger partial charge is 0.372 e. The van der Waals surface area contributed by atoms with Gasteiger partial charge in [-0.05, 0) is 51.6 Å². The summed E-state index contributed by atoms with van der Waals surface area (Å²) in [7, 11) is 6.38. The fourth-order valence-electron chi connectivity index (χ4n) is 2.79. The van der Waals surface area contributed by atoms with E-state index in [4.69, 9.17) is 0 Å². The maximum Gasteiger partial charge on any atom is 0.101 e. The first-order valence-corrected chi connectivity index (χ1v) is 7.36. The van der Waals surface area contributed by atoms with E-state index in [1.807, 2.05) is 18.2 Å². The van der Waals surface area contributed by atoms with Crippen LogP contribution in [0.15, 0.2) is 22.7 Å². The Bertz CT molecular complexity index is 501. The normalized spacial score (nSPS) is 16.8. The lowest BCUT2D eigenvalue weighted by molar-refractivity contribution is 0.0683. The molecule has 102 valence electrons. The topological polar surface area (TPSA) is 30.3 Å². The van der Waals surface area contributed by atoms with Crippen molar-refractivity contribution in [2.75, 3.05) is 32.6 Å². The lowest BCUT2D eigenvalue weighted by Crippen LogP contribution is -2.56. The summed E-state index contributed by atoms with van der Waals surface area (Å²) in [4.78, 5) is 4.54. The average Bonchev–Trinajstić information content (AvgIpc) is 2.32. The van der Waals surface area contributed by atoms with Gasteiger partial charge in [-0.3, -0.25) is 0 Å². The molecule has 0 heterocycles. The Labute approximate surface area is 123 Å². The maximum absolute atomic E-state index is 9.26. The second kappa shape index (κ2) is 5.52. The van der Waals surface area contributed by atoms with E-state index >= 15 is 0 Å². The molecule has 1 aliphatic carbocycles. The van der Waals surface area contributed by atoms with Gasteiger partial charge in [0.2, 0.25) is 0 Å². The molecule has 0 N–H and O–H groups in total. The molecule has 0 saturated heterocycles. The molecule has 0 aromatic heterocycles. The molecule has 4 heteroatoms. The van der Waals surface area contributed by atoms with Crippen molar-refractivity contribution in [3.63, 3.8) is 0 Å². The Balaban J connectivity index is 2.21. The fraction of sp³-hybridized carbons (Fsp3) is 0.533. The molecule has 1 aromatic carbocycles. The standard InChI is InChI=1S/C15H20BrN3/c1-18(2)15(7-4-8-15)11-19(3)14-6-5-13(16)9-12(14)10-17/h5-6,9H,4,7-8,11H2,1-3H3. The summed E-state index contributed by atoms with van der Waals surface area (Å²) < 4.78 is 0.951. The summed E-state index contributed by atoms with van der Waals surface area (Å²) in [6.07, 6.45) is 3.78. The molecule has 1 aromatic rings. The average molecular weight is 322 g/mol. The summed E-state index contributed by atoms with van der Waals surface area (Å²) in [5, 5.41) is 9.26. The predicted molar refractivity (Wildman–Crippen MR) is 82.4 cm³/mol. The number of halogens is 1. The first-order valence-electron chi connectivity index (χ1n) is 6.57. The molecule has 3 nitrogen and oxygen atoms in total. The Morgan fingerprint density at radius 3 is 2.47 bits per heavy atom. The zero-order chi connectivity index (χ0) is 14.0. The lowest BCUT2D eigenvalue weighted by Gasteiger charge is -2.49. The zero-order valence-corrected chi connectivity index (χ0v) is 13.4. The van der Waals surface area contributed by atoms with Gasteiger partial charge in [0, 0.05) is 23.6 Å². The highest BCUT2D eigenvalue weighted by Gasteiger charge is 2.40. The van der Waals surface area contributed by atoms with E-state index in [2.05, 4.69) is 52.9 Å². The third-order valence-corrected chi connectivity index (χ3v) is 4.75. The van der Waals surface area contributed by atoms with Crippen molar-refractivity contribution in [3.05, 3.63) is 28.2 Å². The van der Waals surface area contributed by atoms with Gasteiger partial charge in [-0.2, -0.15) is 5.26 Å². The summed E-state index contributed by atoms with van der Waals surface area (Å²) in [6, 6.07) is 8.18. The Kier molecular flexibility index (Phi) is 4.17. The van der Waals surface area contributed by atoms with Gasteiger partial charge < -0.3 is 9.80 Å². The van der Waals surface area contributed by atoms with Crippen LogP contribution in [0.4, 0.5) is 5.69 Å². The van der Waals surface area contributed by atoms with E-state index in [0.29, 0.717) is 0 Å². The number of anilines is 1. The molecule has 2 rings (SSSR count). The van der Waals surface area contributed by atoms with Crippen molar-refractivity contribution < 1.29 is 0 Å². The highest BCUT2D eigenvalue weighted by molar-refractivity contribution is 9.10. The van der Waals surface area contributed by atoms with Gasteiger partial charge in [-0.15, -0.1) is 0 Å². The first-order chi connectivity index (χ1) is 8.98. The smallest absolute Gasteiger partial charge is 0.101 e. The minimum absolute atomic E-state index is 0.272. The summed E-state index contributed by atoms with van der Waals surface area (Å²) >= 11 is 3.42. The first kappa shape index (κ1) is 14.4. The molecule has 0 bridgehead atoms. The SMILES string of the molecule is CN(CC1(N(C)C)CCC1)c1ccc(Br)cc1C#N. The molecule has 1 fully saturated rings. The number of nitrogens with zero attached hydrogens (tertiary/aromatic N) is 3. The van der Waals surface area contributed by atoms with Crippen LogP contribution in [0.3, 0.4) is 0 Å². The molecular weight excluding hydrogens is 302 g/mol. The van der Waals surface area contributed by atoms with Gasteiger partial charge >= 0.3 is 0 Å². The Morgan fingerprint density at radius 2 is 2.00 bits per heavy atom. The van der Waals surface area contributed by atoms with Gasteiger partial charge in [-0.1, -0.05) is 15.9 Å². The van der Waals surface area contributed by atoms with Crippen LogP contribution in [0.1, 0.15) is 24.8 Å². The summed E-state index contributed by atoms with van der Waals surface area (Å²) in [5.41, 5.74) is 2.01. The third kappa shape index (κ3) is 2.77. The highest BCUT2D eigenvalue weighted by atomic mass is 79.9. The van der Waals surface area contributed by atoms with Crippen LogP contribution in [0.25, 0.3) is 0 Å². The van der Waals surface area contributed by atoms with Crippen molar-refractivity contribution in [1.82, 2.24) is 4.90 Å². The molecular formula is C15H20BrN3. The zero-order valence-electron chi connectivity index (χ0n) is 11.8. The van der Waals surface area contributed by atoms with Gasteiger partial charge in [0.25, 0.3) is 0 Å². The van der Waals surface area contributed by atoms with Gasteiger partial charge in [0.05, 0.1) is 11.3 Å². The summed E-state index contributed by atoms with van der Waals surface area (Å²) in [5.74, 6) is 0. The Hall–Kier alpha value is -1.05. The van der Waals surface area contributed by atoms with Crippen LogP contribution < -0.4 is 4.90 Å². The van der Waals surface area contributed by atoms with E-state index in [9.17, 15) is 5.26 Å². The number of rotatable bonds is 4. The van der Waals surface area contributed by atoms with E-state index < -0.39 is 0 Å². The van der Waals surface area contributed by atoms with Crippen LogP contribution in [-0.4, -0.2) is 38.1 Å². The number of likely N-dealkylation sites (N-methyl/N-ethyl adjacent to an activating group) is 2. The molecule has 0 radical (unpaired) electrons. The van der Waals surface area contributed by atoms with E-state index in [1.165, 1.54) is 19.3 Å². The monoisotopic (exact) mass is 321 g/mol.